The van der Waals surface area contributed by atoms with Gasteiger partial charge in [0.25, 0.3) is 5.91 Å². The van der Waals surface area contributed by atoms with Crippen LogP contribution in [0.1, 0.15) is 28.2 Å². The van der Waals surface area contributed by atoms with Crippen molar-refractivity contribution in [3.05, 3.63) is 35.2 Å². The van der Waals surface area contributed by atoms with Gasteiger partial charge < -0.3 is 14.4 Å². The topological polar surface area (TPSA) is 94.0 Å². The van der Waals surface area contributed by atoms with Crippen LogP contribution in [0.3, 0.4) is 0 Å². The molecular weight excluding hydrogens is 408 g/mol. The van der Waals surface area contributed by atoms with Gasteiger partial charge in [-0.25, -0.2) is 8.42 Å². The molecule has 0 unspecified atom stereocenters. The molecule has 1 aliphatic rings. The lowest BCUT2D eigenvalue weighted by molar-refractivity contribution is 0.0760. The van der Waals surface area contributed by atoms with E-state index in [0.29, 0.717) is 48.0 Å². The number of hydrogen-bond donors (Lipinski definition) is 0. The molecule has 9 nitrogen and oxygen atoms in total. The molecule has 1 fully saturated rings. The van der Waals surface area contributed by atoms with Gasteiger partial charge in [0.05, 0.1) is 31.2 Å². The molecule has 1 aliphatic heterocycles. The SMILES string of the molecule is COc1cccc(C(=O)N2CCCN(S(=O)(=O)c3c(C)nn(C)c3C)CC2)c1OC. The Labute approximate surface area is 177 Å². The Morgan fingerprint density at radius 1 is 1.07 bits per heavy atom. The summed E-state index contributed by atoms with van der Waals surface area (Å²) >= 11 is 0. The Balaban J connectivity index is 1.83. The maximum Gasteiger partial charge on any atom is 0.257 e. The number of para-hydroxylation sites is 1. The summed E-state index contributed by atoms with van der Waals surface area (Å²) in [5.74, 6) is 0.643. The van der Waals surface area contributed by atoms with E-state index in [1.165, 1.54) is 18.5 Å². The van der Waals surface area contributed by atoms with Crippen molar-refractivity contribution in [1.29, 1.82) is 0 Å². The van der Waals surface area contributed by atoms with Crippen LogP contribution >= 0.6 is 0 Å². The molecule has 0 N–H and O–H groups in total. The molecular formula is C20H28N4O5S. The van der Waals surface area contributed by atoms with Crippen LogP contribution in [0, 0.1) is 13.8 Å². The number of nitrogens with zero attached hydrogens (tertiary/aromatic N) is 4. The number of aryl methyl sites for hydroxylation is 2. The van der Waals surface area contributed by atoms with Crippen LogP contribution in [0.25, 0.3) is 0 Å². The second-order valence-electron chi connectivity index (χ2n) is 7.21. The van der Waals surface area contributed by atoms with Gasteiger partial charge in [0, 0.05) is 33.2 Å². The molecule has 3 rings (SSSR count). The zero-order chi connectivity index (χ0) is 22.1. The second kappa shape index (κ2) is 8.65. The number of benzene rings is 1. The second-order valence-corrected chi connectivity index (χ2v) is 9.09. The largest absolute Gasteiger partial charge is 0.493 e. The summed E-state index contributed by atoms with van der Waals surface area (Å²) in [6.45, 7) is 4.74. The normalized spacial score (nSPS) is 15.7. The first-order valence-corrected chi connectivity index (χ1v) is 11.2. The molecule has 2 aromatic rings. The van der Waals surface area contributed by atoms with Gasteiger partial charge in [-0.05, 0) is 32.4 Å². The molecule has 1 aromatic carbocycles. The monoisotopic (exact) mass is 436 g/mol. The predicted molar refractivity (Wildman–Crippen MR) is 112 cm³/mol. The molecule has 1 aromatic heterocycles. The summed E-state index contributed by atoms with van der Waals surface area (Å²) in [6, 6.07) is 5.15. The van der Waals surface area contributed by atoms with E-state index in [0.717, 1.165) is 0 Å². The maximum absolute atomic E-state index is 13.3. The molecule has 0 aliphatic carbocycles. The standard InChI is InChI=1S/C20H28N4O5S/c1-14-19(15(2)22(3)21-14)30(26,27)24-11-7-10-23(12-13-24)20(25)16-8-6-9-17(28-4)18(16)29-5/h6,8-9H,7,10-13H2,1-5H3. The zero-order valence-corrected chi connectivity index (χ0v) is 18.8. The number of aromatic nitrogens is 2. The summed E-state index contributed by atoms with van der Waals surface area (Å²) in [7, 11) is 1.04. The van der Waals surface area contributed by atoms with E-state index < -0.39 is 10.0 Å². The number of amides is 1. The molecule has 10 heteroatoms. The van der Waals surface area contributed by atoms with Gasteiger partial charge in [-0.3, -0.25) is 9.48 Å². The van der Waals surface area contributed by atoms with E-state index in [2.05, 4.69) is 5.10 Å². The van der Waals surface area contributed by atoms with Crippen molar-refractivity contribution in [3.63, 3.8) is 0 Å². The Kier molecular flexibility index (Phi) is 6.37. The molecule has 1 saturated heterocycles. The number of hydrogen-bond acceptors (Lipinski definition) is 6. The minimum Gasteiger partial charge on any atom is -0.493 e. The highest BCUT2D eigenvalue weighted by molar-refractivity contribution is 7.89. The lowest BCUT2D eigenvalue weighted by atomic mass is 10.1. The van der Waals surface area contributed by atoms with E-state index in [1.807, 2.05) is 0 Å². The third-order valence-electron chi connectivity index (χ3n) is 5.42. The summed E-state index contributed by atoms with van der Waals surface area (Å²) in [5, 5.41) is 4.23. The highest BCUT2D eigenvalue weighted by Gasteiger charge is 2.33. The van der Waals surface area contributed by atoms with Crippen molar-refractivity contribution < 1.29 is 22.7 Å². The van der Waals surface area contributed by atoms with Gasteiger partial charge in [-0.2, -0.15) is 9.40 Å². The number of carbonyl (C=O) groups excluding carboxylic acids is 1. The van der Waals surface area contributed by atoms with Crippen LogP contribution in [-0.2, 0) is 17.1 Å². The van der Waals surface area contributed by atoms with Crippen LogP contribution < -0.4 is 9.47 Å². The number of carbonyl (C=O) groups is 1. The fraction of sp³-hybridized carbons (Fsp3) is 0.500. The van der Waals surface area contributed by atoms with Crippen LogP contribution in [0.4, 0.5) is 0 Å². The Hall–Kier alpha value is -2.59. The Morgan fingerprint density at radius 2 is 1.80 bits per heavy atom. The number of methoxy groups -OCH3 is 2. The molecule has 0 spiro atoms. The van der Waals surface area contributed by atoms with Crippen LogP contribution in [-0.4, -0.2) is 73.7 Å². The number of sulfonamides is 1. The summed E-state index contributed by atoms with van der Waals surface area (Å²) in [6.07, 6.45) is 0.537. The van der Waals surface area contributed by atoms with E-state index >= 15 is 0 Å². The van der Waals surface area contributed by atoms with Gasteiger partial charge in [0.2, 0.25) is 10.0 Å². The summed E-state index contributed by atoms with van der Waals surface area (Å²) in [5.41, 5.74) is 1.48. The Bertz CT molecular complexity index is 1050. The quantitative estimate of drug-likeness (QED) is 0.707. The first-order valence-electron chi connectivity index (χ1n) is 9.73. The van der Waals surface area contributed by atoms with Gasteiger partial charge in [-0.15, -0.1) is 0 Å². The number of rotatable bonds is 5. The molecule has 164 valence electrons. The smallest absolute Gasteiger partial charge is 0.257 e. The van der Waals surface area contributed by atoms with E-state index in [-0.39, 0.29) is 23.9 Å². The molecule has 0 saturated carbocycles. The Morgan fingerprint density at radius 3 is 2.40 bits per heavy atom. The lowest BCUT2D eigenvalue weighted by Crippen LogP contribution is -2.37. The van der Waals surface area contributed by atoms with Gasteiger partial charge in [-0.1, -0.05) is 6.07 Å². The molecule has 30 heavy (non-hydrogen) atoms. The molecule has 2 heterocycles. The van der Waals surface area contributed by atoms with E-state index in [1.54, 1.807) is 48.7 Å². The third kappa shape index (κ3) is 3.89. The first-order chi connectivity index (χ1) is 14.2. The fourth-order valence-electron chi connectivity index (χ4n) is 3.82. The summed E-state index contributed by atoms with van der Waals surface area (Å²) < 4.78 is 40.2. The van der Waals surface area contributed by atoms with E-state index in [9.17, 15) is 13.2 Å². The molecule has 1 amide bonds. The number of ether oxygens (including phenoxy) is 2. The fourth-order valence-corrected chi connectivity index (χ4v) is 5.69. The van der Waals surface area contributed by atoms with Gasteiger partial charge >= 0.3 is 0 Å². The maximum atomic E-state index is 13.3. The van der Waals surface area contributed by atoms with Crippen molar-refractivity contribution in [2.45, 2.75) is 25.2 Å². The van der Waals surface area contributed by atoms with Crippen LogP contribution in [0.15, 0.2) is 23.1 Å². The van der Waals surface area contributed by atoms with E-state index in [4.69, 9.17) is 9.47 Å². The van der Waals surface area contributed by atoms with Gasteiger partial charge in [0.1, 0.15) is 4.90 Å². The minimum absolute atomic E-state index is 0.210. The van der Waals surface area contributed by atoms with Crippen molar-refractivity contribution in [1.82, 2.24) is 19.0 Å². The lowest BCUT2D eigenvalue weighted by Gasteiger charge is -2.23. The zero-order valence-electron chi connectivity index (χ0n) is 18.0. The highest BCUT2D eigenvalue weighted by atomic mass is 32.2. The predicted octanol–water partition coefficient (Wildman–Crippen LogP) is 1.59. The van der Waals surface area contributed by atoms with Crippen molar-refractivity contribution in [2.75, 3.05) is 40.4 Å². The molecule has 0 bridgehead atoms. The summed E-state index contributed by atoms with van der Waals surface area (Å²) in [4.78, 5) is 15.1. The van der Waals surface area contributed by atoms with Crippen LogP contribution in [0.5, 0.6) is 11.5 Å². The van der Waals surface area contributed by atoms with Crippen molar-refractivity contribution >= 4 is 15.9 Å². The third-order valence-corrected chi connectivity index (χ3v) is 7.57. The minimum atomic E-state index is -3.70. The first kappa shape index (κ1) is 22.1. The van der Waals surface area contributed by atoms with Crippen LogP contribution in [0.2, 0.25) is 0 Å². The average molecular weight is 437 g/mol. The average Bonchev–Trinajstić information content (AvgIpc) is 2.90. The van der Waals surface area contributed by atoms with Gasteiger partial charge in [0.15, 0.2) is 11.5 Å². The molecule has 0 radical (unpaired) electrons. The molecule has 0 atom stereocenters. The van der Waals surface area contributed by atoms with Crippen molar-refractivity contribution in [2.24, 2.45) is 7.05 Å². The van der Waals surface area contributed by atoms with Crippen molar-refractivity contribution in [3.8, 4) is 11.5 Å². The highest BCUT2D eigenvalue weighted by Crippen LogP contribution is 2.32.